The molecule has 0 radical (unpaired) electrons. The van der Waals surface area contributed by atoms with Crippen LogP contribution in [-0.4, -0.2) is 35.6 Å². The van der Waals surface area contributed by atoms with E-state index in [1.54, 1.807) is 0 Å². The van der Waals surface area contributed by atoms with Crippen LogP contribution < -0.4 is 10.6 Å². The van der Waals surface area contributed by atoms with E-state index in [1.807, 2.05) is 18.8 Å². The zero-order valence-electron chi connectivity index (χ0n) is 12.7. The third-order valence-electron chi connectivity index (χ3n) is 2.98. The third kappa shape index (κ3) is 4.90. The summed E-state index contributed by atoms with van der Waals surface area (Å²) in [5.41, 5.74) is 1.09. The SMILES string of the molecule is CNc1nc(C(C)C)nc(NCCCCSC)c1C. The molecule has 5 heteroatoms. The molecule has 1 heterocycles. The fraction of sp³-hybridized carbons (Fsp3) is 0.714. The fourth-order valence-electron chi connectivity index (χ4n) is 1.79. The highest BCUT2D eigenvalue weighted by molar-refractivity contribution is 7.98. The van der Waals surface area contributed by atoms with Crippen molar-refractivity contribution >= 4 is 23.4 Å². The molecule has 0 aliphatic carbocycles. The van der Waals surface area contributed by atoms with Gasteiger partial charge in [-0.25, -0.2) is 9.97 Å². The van der Waals surface area contributed by atoms with Gasteiger partial charge in [-0.15, -0.1) is 0 Å². The van der Waals surface area contributed by atoms with E-state index in [-0.39, 0.29) is 0 Å². The van der Waals surface area contributed by atoms with Crippen molar-refractivity contribution in [2.24, 2.45) is 0 Å². The van der Waals surface area contributed by atoms with Gasteiger partial charge in [0.2, 0.25) is 0 Å². The average molecular weight is 282 g/mol. The Morgan fingerprint density at radius 1 is 1.16 bits per heavy atom. The minimum Gasteiger partial charge on any atom is -0.373 e. The second-order valence-corrected chi connectivity index (χ2v) is 5.92. The number of nitrogens with zero attached hydrogens (tertiary/aromatic N) is 2. The zero-order chi connectivity index (χ0) is 14.3. The molecule has 0 aliphatic heterocycles. The number of unbranched alkanes of at least 4 members (excludes halogenated alkanes) is 1. The van der Waals surface area contributed by atoms with Crippen LogP contribution in [0.5, 0.6) is 0 Å². The third-order valence-corrected chi connectivity index (χ3v) is 3.68. The van der Waals surface area contributed by atoms with Gasteiger partial charge in [-0.05, 0) is 31.8 Å². The molecule has 19 heavy (non-hydrogen) atoms. The zero-order valence-corrected chi connectivity index (χ0v) is 13.5. The van der Waals surface area contributed by atoms with Crippen molar-refractivity contribution in [2.45, 2.75) is 39.5 Å². The molecule has 0 unspecified atom stereocenters. The van der Waals surface area contributed by atoms with Gasteiger partial charge in [0.25, 0.3) is 0 Å². The lowest BCUT2D eigenvalue weighted by molar-refractivity contribution is 0.769. The number of hydrogen-bond acceptors (Lipinski definition) is 5. The van der Waals surface area contributed by atoms with Crippen molar-refractivity contribution in [3.05, 3.63) is 11.4 Å². The highest BCUT2D eigenvalue weighted by Gasteiger charge is 2.11. The van der Waals surface area contributed by atoms with E-state index in [2.05, 4.69) is 47.6 Å². The monoisotopic (exact) mass is 282 g/mol. The molecule has 0 aliphatic rings. The van der Waals surface area contributed by atoms with Crippen molar-refractivity contribution in [1.29, 1.82) is 0 Å². The van der Waals surface area contributed by atoms with Gasteiger partial charge in [0.05, 0.1) is 0 Å². The van der Waals surface area contributed by atoms with Crippen molar-refractivity contribution in [1.82, 2.24) is 9.97 Å². The smallest absolute Gasteiger partial charge is 0.135 e. The Hall–Kier alpha value is -0.970. The van der Waals surface area contributed by atoms with E-state index in [0.29, 0.717) is 5.92 Å². The predicted molar refractivity (Wildman–Crippen MR) is 86.5 cm³/mol. The van der Waals surface area contributed by atoms with E-state index in [4.69, 9.17) is 0 Å². The maximum atomic E-state index is 4.63. The first-order chi connectivity index (χ1) is 9.10. The predicted octanol–water partition coefficient (Wildman–Crippen LogP) is 3.51. The fourth-order valence-corrected chi connectivity index (χ4v) is 2.28. The number of thioether (sulfide) groups is 1. The van der Waals surface area contributed by atoms with Crippen LogP contribution in [0.1, 0.15) is 44.0 Å². The van der Waals surface area contributed by atoms with Gasteiger partial charge in [-0.2, -0.15) is 11.8 Å². The molecule has 108 valence electrons. The molecular weight excluding hydrogens is 256 g/mol. The first-order valence-corrected chi connectivity index (χ1v) is 8.28. The minimum absolute atomic E-state index is 0.338. The summed E-state index contributed by atoms with van der Waals surface area (Å²) in [4.78, 5) is 9.17. The van der Waals surface area contributed by atoms with Crippen LogP contribution in [0.4, 0.5) is 11.6 Å². The van der Waals surface area contributed by atoms with Crippen molar-refractivity contribution in [3.8, 4) is 0 Å². The maximum absolute atomic E-state index is 4.63. The minimum atomic E-state index is 0.338. The second kappa shape index (κ2) is 8.25. The summed E-state index contributed by atoms with van der Waals surface area (Å²) in [7, 11) is 1.90. The molecule has 0 saturated heterocycles. The molecule has 2 N–H and O–H groups in total. The number of anilines is 2. The molecular formula is C14H26N4S. The number of aromatic nitrogens is 2. The molecule has 1 rings (SSSR count). The van der Waals surface area contributed by atoms with Gasteiger partial charge in [0.15, 0.2) is 0 Å². The first kappa shape index (κ1) is 16.1. The lowest BCUT2D eigenvalue weighted by atomic mass is 10.2. The van der Waals surface area contributed by atoms with Crippen LogP contribution in [0.3, 0.4) is 0 Å². The Labute approximate surface area is 121 Å². The van der Waals surface area contributed by atoms with Crippen LogP contribution >= 0.6 is 11.8 Å². The standard InChI is InChI=1S/C14H26N4S/c1-10(2)12-17-13(15-4)11(3)14(18-12)16-8-6-7-9-19-5/h10H,6-9H2,1-5H3,(H2,15,16,17,18). The van der Waals surface area contributed by atoms with E-state index in [1.165, 1.54) is 18.6 Å². The van der Waals surface area contributed by atoms with Crippen molar-refractivity contribution in [3.63, 3.8) is 0 Å². The number of rotatable bonds is 8. The molecule has 0 fully saturated rings. The van der Waals surface area contributed by atoms with Crippen LogP contribution in [-0.2, 0) is 0 Å². The van der Waals surface area contributed by atoms with E-state index in [9.17, 15) is 0 Å². The first-order valence-electron chi connectivity index (χ1n) is 6.89. The van der Waals surface area contributed by atoms with Crippen molar-refractivity contribution in [2.75, 3.05) is 36.2 Å². The van der Waals surface area contributed by atoms with Gasteiger partial charge < -0.3 is 10.6 Å². The molecule has 0 amide bonds. The van der Waals surface area contributed by atoms with Gasteiger partial charge in [0.1, 0.15) is 17.5 Å². The molecule has 0 bridgehead atoms. The Balaban J connectivity index is 2.72. The normalized spacial score (nSPS) is 10.8. The average Bonchev–Trinajstić information content (AvgIpc) is 2.40. The highest BCUT2D eigenvalue weighted by Crippen LogP contribution is 2.22. The van der Waals surface area contributed by atoms with Gasteiger partial charge in [-0.1, -0.05) is 13.8 Å². The summed E-state index contributed by atoms with van der Waals surface area (Å²) in [6, 6.07) is 0. The van der Waals surface area contributed by atoms with Gasteiger partial charge in [-0.3, -0.25) is 0 Å². The lowest BCUT2D eigenvalue weighted by Crippen LogP contribution is -2.11. The summed E-state index contributed by atoms with van der Waals surface area (Å²) >= 11 is 1.90. The van der Waals surface area contributed by atoms with E-state index >= 15 is 0 Å². The number of hydrogen-bond donors (Lipinski definition) is 2. The van der Waals surface area contributed by atoms with Crippen LogP contribution in [0, 0.1) is 6.92 Å². The highest BCUT2D eigenvalue weighted by atomic mass is 32.2. The quantitative estimate of drug-likeness (QED) is 0.715. The van der Waals surface area contributed by atoms with Crippen LogP contribution in [0.25, 0.3) is 0 Å². The van der Waals surface area contributed by atoms with Crippen LogP contribution in [0.2, 0.25) is 0 Å². The summed E-state index contributed by atoms with van der Waals surface area (Å²) in [6.07, 6.45) is 4.57. The summed E-state index contributed by atoms with van der Waals surface area (Å²) in [5.74, 6) is 4.34. The Morgan fingerprint density at radius 3 is 2.42 bits per heavy atom. The van der Waals surface area contributed by atoms with Gasteiger partial charge in [0, 0.05) is 25.1 Å². The Bertz CT molecular complexity index is 393. The lowest BCUT2D eigenvalue weighted by Gasteiger charge is -2.15. The summed E-state index contributed by atoms with van der Waals surface area (Å²) < 4.78 is 0. The summed E-state index contributed by atoms with van der Waals surface area (Å²) in [5, 5.41) is 6.59. The molecule has 1 aromatic heterocycles. The van der Waals surface area contributed by atoms with E-state index < -0.39 is 0 Å². The topological polar surface area (TPSA) is 49.8 Å². The van der Waals surface area contributed by atoms with E-state index in [0.717, 1.165) is 29.6 Å². The van der Waals surface area contributed by atoms with Crippen molar-refractivity contribution < 1.29 is 0 Å². The molecule has 0 aromatic carbocycles. The second-order valence-electron chi connectivity index (χ2n) is 4.94. The maximum Gasteiger partial charge on any atom is 0.135 e. The molecule has 0 atom stereocenters. The Morgan fingerprint density at radius 2 is 1.84 bits per heavy atom. The number of nitrogens with one attached hydrogen (secondary N) is 2. The molecule has 4 nitrogen and oxygen atoms in total. The largest absolute Gasteiger partial charge is 0.373 e. The molecule has 0 spiro atoms. The Kier molecular flexibility index (Phi) is 6.99. The van der Waals surface area contributed by atoms with Gasteiger partial charge >= 0.3 is 0 Å². The summed E-state index contributed by atoms with van der Waals surface area (Å²) in [6.45, 7) is 7.26. The molecule has 0 saturated carbocycles. The molecule has 1 aromatic rings. The van der Waals surface area contributed by atoms with Crippen LogP contribution in [0.15, 0.2) is 0 Å².